The minimum atomic E-state index is -4.43. The van der Waals surface area contributed by atoms with Crippen LogP contribution in [0.4, 0.5) is 18.9 Å². The molecule has 0 bridgehead atoms. The van der Waals surface area contributed by atoms with Gasteiger partial charge in [0.1, 0.15) is 0 Å². The predicted octanol–water partition coefficient (Wildman–Crippen LogP) is 3.66. The first kappa shape index (κ1) is 24.0. The number of carbonyl (C=O) groups excluding carboxylic acids is 1. The highest BCUT2D eigenvalue weighted by Crippen LogP contribution is 2.36. The van der Waals surface area contributed by atoms with Gasteiger partial charge in [-0.2, -0.15) is 17.5 Å². The Morgan fingerprint density at radius 2 is 1.66 bits per heavy atom. The van der Waals surface area contributed by atoms with Crippen molar-refractivity contribution in [2.75, 3.05) is 26.2 Å². The molecule has 0 unspecified atom stereocenters. The summed E-state index contributed by atoms with van der Waals surface area (Å²) in [5, 5.41) is 11.0. The first-order valence-electron chi connectivity index (χ1n) is 9.29. The third-order valence-corrected chi connectivity index (χ3v) is 7.64. The van der Waals surface area contributed by atoms with Crippen molar-refractivity contribution in [3.63, 3.8) is 0 Å². The van der Waals surface area contributed by atoms with Crippen LogP contribution in [0.1, 0.15) is 15.9 Å². The second kappa shape index (κ2) is 9.08. The number of nitrogens with zero attached hydrogens (tertiary/aromatic N) is 3. The maximum Gasteiger partial charge on any atom is 0.446 e. The Hall–Kier alpha value is -2.64. The summed E-state index contributed by atoms with van der Waals surface area (Å²) in [5.74, 6) is -0.419. The summed E-state index contributed by atoms with van der Waals surface area (Å²) in [6.07, 6.45) is 0. The first-order chi connectivity index (χ1) is 14.9. The first-order valence-corrected chi connectivity index (χ1v) is 11.5. The number of nitro benzene ring substituents is 1. The van der Waals surface area contributed by atoms with E-state index in [9.17, 15) is 36.5 Å². The van der Waals surface area contributed by atoms with Gasteiger partial charge in [0.05, 0.1) is 9.82 Å². The molecule has 2 aromatic rings. The molecule has 0 aromatic heterocycles. The van der Waals surface area contributed by atoms with E-state index in [0.29, 0.717) is 5.56 Å². The largest absolute Gasteiger partial charge is 0.446 e. The predicted molar refractivity (Wildman–Crippen MR) is 111 cm³/mol. The van der Waals surface area contributed by atoms with Crippen molar-refractivity contribution in [3.8, 4) is 0 Å². The van der Waals surface area contributed by atoms with Gasteiger partial charge in [-0.1, -0.05) is 6.07 Å². The summed E-state index contributed by atoms with van der Waals surface area (Å²) in [7, 11) is -4.00. The number of hydrogen-bond donors (Lipinski definition) is 0. The fourth-order valence-corrected chi connectivity index (χ4v) is 5.44. The summed E-state index contributed by atoms with van der Waals surface area (Å²) in [6.45, 7) is 1.66. The normalized spacial score (nSPS) is 15.6. The number of nitro groups is 1. The molecule has 1 saturated heterocycles. The number of aryl methyl sites for hydroxylation is 1. The van der Waals surface area contributed by atoms with Crippen LogP contribution in [0.5, 0.6) is 0 Å². The Labute approximate surface area is 186 Å². The lowest BCUT2D eigenvalue weighted by Crippen LogP contribution is -2.50. The molecule has 0 atom stereocenters. The molecule has 8 nitrogen and oxygen atoms in total. The molecule has 0 spiro atoms. The molecule has 1 aliphatic rings. The molecule has 13 heteroatoms. The minimum Gasteiger partial charge on any atom is -0.336 e. The average molecular weight is 489 g/mol. The monoisotopic (exact) mass is 489 g/mol. The summed E-state index contributed by atoms with van der Waals surface area (Å²) in [5.41, 5.74) is -4.20. The van der Waals surface area contributed by atoms with Gasteiger partial charge in [0.25, 0.3) is 11.6 Å². The smallest absolute Gasteiger partial charge is 0.336 e. The van der Waals surface area contributed by atoms with Crippen molar-refractivity contribution >= 4 is 33.4 Å². The van der Waals surface area contributed by atoms with Crippen LogP contribution in [0.25, 0.3) is 0 Å². The molecule has 1 fully saturated rings. The van der Waals surface area contributed by atoms with Crippen LogP contribution >= 0.6 is 11.8 Å². The number of carbonyl (C=O) groups is 1. The molecule has 172 valence electrons. The Morgan fingerprint density at radius 3 is 2.19 bits per heavy atom. The number of halogens is 3. The van der Waals surface area contributed by atoms with Crippen molar-refractivity contribution in [3.05, 3.63) is 63.7 Å². The van der Waals surface area contributed by atoms with E-state index in [1.165, 1.54) is 48.2 Å². The number of rotatable bonds is 5. The Bertz CT molecular complexity index is 1130. The van der Waals surface area contributed by atoms with E-state index < -0.39 is 26.4 Å². The average Bonchev–Trinajstić information content (AvgIpc) is 2.72. The molecule has 0 N–H and O–H groups in total. The summed E-state index contributed by atoms with van der Waals surface area (Å²) >= 11 is -0.279. The van der Waals surface area contributed by atoms with Gasteiger partial charge in [-0.05, 0) is 48.5 Å². The van der Waals surface area contributed by atoms with E-state index >= 15 is 0 Å². The lowest BCUT2D eigenvalue weighted by atomic mass is 10.2. The molecule has 2 aromatic carbocycles. The van der Waals surface area contributed by atoms with Gasteiger partial charge in [0, 0.05) is 48.8 Å². The highest BCUT2D eigenvalue weighted by molar-refractivity contribution is 8.00. The molecular formula is C19H18F3N3O5S2. The van der Waals surface area contributed by atoms with Crippen molar-refractivity contribution in [2.45, 2.75) is 22.2 Å². The molecule has 32 heavy (non-hydrogen) atoms. The third-order valence-electron chi connectivity index (χ3n) is 4.86. The van der Waals surface area contributed by atoms with Gasteiger partial charge in [-0.15, -0.1) is 0 Å². The maximum atomic E-state index is 13.0. The Morgan fingerprint density at radius 1 is 1.06 bits per heavy atom. The van der Waals surface area contributed by atoms with E-state index in [1.54, 1.807) is 0 Å². The summed E-state index contributed by atoms with van der Waals surface area (Å²) < 4.78 is 64.4. The number of thioether (sulfide) groups is 1. The van der Waals surface area contributed by atoms with Crippen LogP contribution in [0, 0.1) is 17.0 Å². The molecule has 1 amide bonds. The second-order valence-electron chi connectivity index (χ2n) is 6.98. The zero-order chi connectivity index (χ0) is 23.7. The van der Waals surface area contributed by atoms with Gasteiger partial charge in [-0.25, -0.2) is 8.42 Å². The number of amides is 1. The van der Waals surface area contributed by atoms with Crippen molar-refractivity contribution < 1.29 is 31.3 Å². The molecule has 1 heterocycles. The van der Waals surface area contributed by atoms with Crippen molar-refractivity contribution in [2.24, 2.45) is 0 Å². The van der Waals surface area contributed by atoms with Gasteiger partial charge < -0.3 is 4.90 Å². The summed E-state index contributed by atoms with van der Waals surface area (Å²) in [6, 6.07) is 8.62. The zero-order valence-corrected chi connectivity index (χ0v) is 18.3. The third kappa shape index (κ3) is 5.40. The van der Waals surface area contributed by atoms with Crippen molar-refractivity contribution in [1.29, 1.82) is 0 Å². The van der Waals surface area contributed by atoms with Gasteiger partial charge in [0.2, 0.25) is 10.0 Å². The highest BCUT2D eigenvalue weighted by atomic mass is 32.2. The molecular weight excluding hydrogens is 471 g/mol. The summed E-state index contributed by atoms with van der Waals surface area (Å²) in [4.78, 5) is 24.2. The van der Waals surface area contributed by atoms with Crippen LogP contribution in [0.2, 0.25) is 0 Å². The van der Waals surface area contributed by atoms with E-state index in [0.717, 1.165) is 10.4 Å². The number of alkyl halides is 3. The lowest BCUT2D eigenvalue weighted by Gasteiger charge is -2.34. The van der Waals surface area contributed by atoms with E-state index in [2.05, 4.69) is 0 Å². The molecule has 0 saturated carbocycles. The fourth-order valence-electron chi connectivity index (χ4n) is 3.23. The standard InChI is InChI=1S/C19H18F3N3O5S2/c1-13-2-5-15(25(27)28)12-17(13)32(29,30)24-10-8-23(9-11-24)18(26)14-3-6-16(7-4-14)31-19(20,21)22/h2-7,12H,8-11H2,1H3. The SMILES string of the molecule is Cc1ccc([N+](=O)[O-])cc1S(=O)(=O)N1CCN(C(=O)c2ccc(SC(F)(F)F)cc2)CC1. The fraction of sp³-hybridized carbons (Fsp3) is 0.316. The van der Waals surface area contributed by atoms with Crippen LogP contribution in [-0.2, 0) is 10.0 Å². The Kier molecular flexibility index (Phi) is 6.81. The molecule has 0 aliphatic carbocycles. The number of sulfonamides is 1. The number of benzene rings is 2. The van der Waals surface area contributed by atoms with E-state index in [1.807, 2.05) is 0 Å². The maximum absolute atomic E-state index is 13.0. The second-order valence-corrected chi connectivity index (χ2v) is 10.0. The minimum absolute atomic E-state index is 0.0157. The van der Waals surface area contributed by atoms with E-state index in [-0.39, 0.29) is 59.0 Å². The highest BCUT2D eigenvalue weighted by Gasteiger charge is 2.33. The van der Waals surface area contributed by atoms with Crippen LogP contribution in [0.15, 0.2) is 52.3 Å². The van der Waals surface area contributed by atoms with Gasteiger partial charge in [0.15, 0.2) is 0 Å². The van der Waals surface area contributed by atoms with Crippen molar-refractivity contribution in [1.82, 2.24) is 9.21 Å². The number of piperazine rings is 1. The topological polar surface area (TPSA) is 101 Å². The molecule has 0 radical (unpaired) electrons. The quantitative estimate of drug-likeness (QED) is 0.361. The number of hydrogen-bond acceptors (Lipinski definition) is 6. The van der Waals surface area contributed by atoms with Crippen LogP contribution < -0.4 is 0 Å². The number of non-ortho nitro benzene ring substituents is 1. The Balaban J connectivity index is 1.69. The molecule has 1 aliphatic heterocycles. The van der Waals surface area contributed by atoms with Crippen LogP contribution in [-0.4, -0.2) is 60.1 Å². The lowest BCUT2D eigenvalue weighted by molar-refractivity contribution is -0.385. The zero-order valence-electron chi connectivity index (χ0n) is 16.7. The van der Waals surface area contributed by atoms with E-state index in [4.69, 9.17) is 0 Å². The van der Waals surface area contributed by atoms with Gasteiger partial charge in [-0.3, -0.25) is 14.9 Å². The van der Waals surface area contributed by atoms with Crippen LogP contribution in [0.3, 0.4) is 0 Å². The molecule has 3 rings (SSSR count). The van der Waals surface area contributed by atoms with Gasteiger partial charge >= 0.3 is 5.51 Å².